The lowest BCUT2D eigenvalue weighted by atomic mass is 9.68. The molecule has 0 aromatic rings. The zero-order chi connectivity index (χ0) is 15.3. The van der Waals surface area contributed by atoms with Crippen LogP contribution in [0, 0.1) is 11.8 Å². The van der Waals surface area contributed by atoms with Crippen molar-refractivity contribution in [3.05, 3.63) is 0 Å². The molecule has 2 atom stereocenters. The fourth-order valence-electron chi connectivity index (χ4n) is 5.45. The van der Waals surface area contributed by atoms with Crippen molar-refractivity contribution in [1.29, 1.82) is 0 Å². The van der Waals surface area contributed by atoms with Gasteiger partial charge in [-0.3, -0.25) is 0 Å². The fourth-order valence-corrected chi connectivity index (χ4v) is 5.45. The number of hydrogen-bond donors (Lipinski definition) is 1. The monoisotopic (exact) mass is 307 g/mol. The number of rotatable bonds is 3. The number of aliphatic hydroxyl groups is 1. The van der Waals surface area contributed by atoms with Gasteiger partial charge in [-0.1, -0.05) is 51.4 Å². The minimum absolute atomic E-state index is 0.344. The van der Waals surface area contributed by atoms with Crippen molar-refractivity contribution in [2.24, 2.45) is 11.8 Å². The first-order valence-corrected chi connectivity index (χ1v) is 10.2. The van der Waals surface area contributed by atoms with Crippen molar-refractivity contribution in [3.8, 4) is 0 Å². The Morgan fingerprint density at radius 2 is 1.32 bits per heavy atom. The first-order valence-electron chi connectivity index (χ1n) is 10.2. The maximum absolute atomic E-state index is 11.7. The van der Waals surface area contributed by atoms with Crippen LogP contribution in [-0.2, 0) is 0 Å². The van der Waals surface area contributed by atoms with Gasteiger partial charge in [0.15, 0.2) is 0 Å². The molecule has 2 unspecified atom stereocenters. The molecule has 0 spiro atoms. The zero-order valence-electron chi connectivity index (χ0n) is 14.6. The minimum Gasteiger partial charge on any atom is -0.389 e. The molecule has 2 saturated carbocycles. The van der Waals surface area contributed by atoms with Gasteiger partial charge in [-0.15, -0.1) is 0 Å². The number of likely N-dealkylation sites (tertiary alicyclic amines) is 1. The zero-order valence-corrected chi connectivity index (χ0v) is 14.6. The van der Waals surface area contributed by atoms with Crippen LogP contribution in [0.3, 0.4) is 0 Å². The van der Waals surface area contributed by atoms with Crippen LogP contribution in [0.5, 0.6) is 0 Å². The second-order valence-corrected chi connectivity index (χ2v) is 8.34. The molecule has 3 aliphatic rings. The molecule has 128 valence electrons. The van der Waals surface area contributed by atoms with E-state index in [-0.39, 0.29) is 5.60 Å². The predicted octanol–water partition coefficient (Wildman–Crippen LogP) is 4.75. The molecular formula is C20H37NO. The molecule has 2 aliphatic carbocycles. The van der Waals surface area contributed by atoms with Crippen LogP contribution in [0.4, 0.5) is 0 Å². The van der Waals surface area contributed by atoms with E-state index in [9.17, 15) is 5.11 Å². The highest BCUT2D eigenvalue weighted by molar-refractivity contribution is 4.96. The average molecular weight is 308 g/mol. The van der Waals surface area contributed by atoms with E-state index in [2.05, 4.69) is 4.90 Å². The summed E-state index contributed by atoms with van der Waals surface area (Å²) in [6.07, 6.45) is 18.5. The van der Waals surface area contributed by atoms with Gasteiger partial charge < -0.3 is 10.0 Å². The summed E-state index contributed by atoms with van der Waals surface area (Å²) >= 11 is 0. The van der Waals surface area contributed by atoms with E-state index in [1.807, 2.05) is 0 Å². The minimum atomic E-state index is -0.344. The van der Waals surface area contributed by atoms with Gasteiger partial charge in [0.2, 0.25) is 0 Å². The Balaban J connectivity index is 1.68. The molecular weight excluding hydrogens is 270 g/mol. The summed E-state index contributed by atoms with van der Waals surface area (Å²) in [5.74, 6) is 1.13. The van der Waals surface area contributed by atoms with Crippen LogP contribution in [-0.4, -0.2) is 35.2 Å². The molecule has 0 radical (unpaired) electrons. The van der Waals surface area contributed by atoms with Gasteiger partial charge in [0.25, 0.3) is 0 Å². The summed E-state index contributed by atoms with van der Waals surface area (Å²) in [7, 11) is 0. The molecule has 1 N–H and O–H groups in total. The average Bonchev–Trinajstić information content (AvgIpc) is 2.91. The fraction of sp³-hybridized carbons (Fsp3) is 1.00. The summed E-state index contributed by atoms with van der Waals surface area (Å²) < 4.78 is 0. The van der Waals surface area contributed by atoms with Gasteiger partial charge in [-0.2, -0.15) is 0 Å². The van der Waals surface area contributed by atoms with Crippen molar-refractivity contribution in [1.82, 2.24) is 4.90 Å². The van der Waals surface area contributed by atoms with Gasteiger partial charge in [0.1, 0.15) is 0 Å². The molecule has 3 fully saturated rings. The van der Waals surface area contributed by atoms with Gasteiger partial charge in [-0.25, -0.2) is 0 Å². The van der Waals surface area contributed by atoms with Crippen LogP contribution in [0.1, 0.15) is 89.9 Å². The molecule has 0 aromatic carbocycles. The smallest absolute Gasteiger partial charge is 0.0716 e. The largest absolute Gasteiger partial charge is 0.389 e. The predicted molar refractivity (Wildman–Crippen MR) is 93.0 cm³/mol. The quantitative estimate of drug-likeness (QED) is 0.760. The third kappa shape index (κ3) is 4.06. The molecule has 1 aliphatic heterocycles. The van der Waals surface area contributed by atoms with E-state index in [0.29, 0.717) is 11.8 Å². The lowest BCUT2D eigenvalue weighted by Gasteiger charge is -2.45. The summed E-state index contributed by atoms with van der Waals surface area (Å²) in [5.41, 5.74) is -0.344. The Labute approximate surface area is 137 Å². The van der Waals surface area contributed by atoms with Crippen LogP contribution < -0.4 is 0 Å². The third-order valence-corrected chi connectivity index (χ3v) is 6.83. The van der Waals surface area contributed by atoms with Crippen molar-refractivity contribution in [2.45, 2.75) is 95.5 Å². The Hall–Kier alpha value is -0.0800. The van der Waals surface area contributed by atoms with Crippen molar-refractivity contribution >= 4 is 0 Å². The van der Waals surface area contributed by atoms with Gasteiger partial charge in [0, 0.05) is 12.5 Å². The highest BCUT2D eigenvalue weighted by atomic mass is 16.3. The van der Waals surface area contributed by atoms with Crippen molar-refractivity contribution < 1.29 is 5.11 Å². The highest BCUT2D eigenvalue weighted by Gasteiger charge is 2.44. The Morgan fingerprint density at radius 3 is 2.05 bits per heavy atom. The molecule has 1 heterocycles. The van der Waals surface area contributed by atoms with Crippen LogP contribution in [0.25, 0.3) is 0 Å². The number of hydrogen-bond acceptors (Lipinski definition) is 2. The van der Waals surface area contributed by atoms with E-state index in [4.69, 9.17) is 0 Å². The molecule has 2 heteroatoms. The Kier molecular flexibility index (Phi) is 6.21. The topological polar surface area (TPSA) is 23.5 Å². The second-order valence-electron chi connectivity index (χ2n) is 8.34. The van der Waals surface area contributed by atoms with E-state index < -0.39 is 0 Å². The van der Waals surface area contributed by atoms with E-state index in [0.717, 1.165) is 6.42 Å². The molecule has 2 nitrogen and oxygen atoms in total. The second kappa shape index (κ2) is 8.15. The number of nitrogens with zero attached hydrogens (tertiary/aromatic N) is 1. The first kappa shape index (κ1) is 16.8. The maximum atomic E-state index is 11.7. The highest BCUT2D eigenvalue weighted by Crippen LogP contribution is 2.44. The first-order chi connectivity index (χ1) is 10.8. The summed E-state index contributed by atoms with van der Waals surface area (Å²) in [5, 5.41) is 11.7. The standard InChI is InChI=1S/C20H37NO/c22-20(18-11-5-3-6-12-18)14-8-4-7-13-19(20)17-21-15-9-1-2-10-16-21/h18-19,22H,1-17H2. The molecule has 0 aromatic heterocycles. The summed E-state index contributed by atoms with van der Waals surface area (Å²) in [4.78, 5) is 2.69. The lowest BCUT2D eigenvalue weighted by Crippen LogP contribution is -2.49. The van der Waals surface area contributed by atoms with Gasteiger partial charge in [0.05, 0.1) is 5.60 Å². The van der Waals surface area contributed by atoms with Crippen LogP contribution in [0.2, 0.25) is 0 Å². The summed E-state index contributed by atoms with van der Waals surface area (Å²) in [6, 6.07) is 0. The summed E-state index contributed by atoms with van der Waals surface area (Å²) in [6.45, 7) is 3.72. The Morgan fingerprint density at radius 1 is 0.727 bits per heavy atom. The third-order valence-electron chi connectivity index (χ3n) is 6.83. The van der Waals surface area contributed by atoms with Crippen LogP contribution >= 0.6 is 0 Å². The SMILES string of the molecule is OC1(C2CCCCC2)CCCCCC1CN1CCCCCC1. The van der Waals surface area contributed by atoms with E-state index >= 15 is 0 Å². The van der Waals surface area contributed by atoms with Crippen molar-refractivity contribution in [2.75, 3.05) is 19.6 Å². The van der Waals surface area contributed by atoms with Crippen molar-refractivity contribution in [3.63, 3.8) is 0 Å². The van der Waals surface area contributed by atoms with Crippen LogP contribution in [0.15, 0.2) is 0 Å². The molecule has 0 bridgehead atoms. The van der Waals surface area contributed by atoms with E-state index in [1.54, 1.807) is 0 Å². The normalized spacial score (nSPS) is 36.7. The molecule has 22 heavy (non-hydrogen) atoms. The van der Waals surface area contributed by atoms with E-state index in [1.165, 1.54) is 103 Å². The maximum Gasteiger partial charge on any atom is 0.0716 e. The molecule has 0 amide bonds. The molecule has 3 rings (SSSR count). The molecule has 1 saturated heterocycles. The van der Waals surface area contributed by atoms with Gasteiger partial charge in [-0.05, 0) is 57.5 Å². The Bertz CT molecular complexity index is 318. The van der Waals surface area contributed by atoms with Gasteiger partial charge >= 0.3 is 0 Å². The lowest BCUT2D eigenvalue weighted by molar-refractivity contribution is -0.0939.